The molecule has 2 N–H and O–H groups in total. The number of carboxylic acid groups (broad SMARTS) is 1. The van der Waals surface area contributed by atoms with E-state index in [1.54, 1.807) is 18.3 Å². The van der Waals surface area contributed by atoms with Crippen LogP contribution in [0.2, 0.25) is 0 Å². The lowest BCUT2D eigenvalue weighted by atomic mass is 9.42. The minimum Gasteiger partial charge on any atom is -0.507 e. The molecule has 4 atom stereocenters. The molecule has 30 heavy (non-hydrogen) atoms. The smallest absolute Gasteiger partial charge is 0.303 e. The van der Waals surface area contributed by atoms with Crippen molar-refractivity contribution in [2.24, 2.45) is 22.2 Å². The summed E-state index contributed by atoms with van der Waals surface area (Å²) in [7, 11) is 0. The first-order chi connectivity index (χ1) is 14.3. The van der Waals surface area contributed by atoms with Crippen molar-refractivity contribution in [3.05, 3.63) is 58.1 Å². The summed E-state index contributed by atoms with van der Waals surface area (Å²) >= 11 is 3.42. The Morgan fingerprint density at radius 2 is 1.80 bits per heavy atom. The summed E-state index contributed by atoms with van der Waals surface area (Å²) in [6.07, 6.45) is 8.86. The molecule has 5 heteroatoms. The molecule has 2 aromatic rings. The van der Waals surface area contributed by atoms with Crippen molar-refractivity contribution in [1.82, 2.24) is 0 Å². The number of hydrogen-bond donors (Lipinski definition) is 2. The topological polar surface area (TPSA) is 69.9 Å². The third-order valence-corrected chi connectivity index (χ3v) is 8.02. The van der Waals surface area contributed by atoms with Crippen molar-refractivity contribution in [3.8, 4) is 5.75 Å². The third-order valence-electron chi connectivity index (χ3n) is 7.53. The molecule has 4 aliphatic carbocycles. The number of rotatable bonds is 5. The van der Waals surface area contributed by atoms with Crippen LogP contribution in [-0.4, -0.2) is 22.4 Å². The zero-order valence-corrected chi connectivity index (χ0v) is 18.4. The number of carboxylic acids is 1. The van der Waals surface area contributed by atoms with Crippen molar-refractivity contribution in [3.63, 3.8) is 0 Å². The number of nitrogens with zero attached hydrogens (tertiary/aromatic N) is 1. The number of benzene rings is 2. The molecule has 2 unspecified atom stereocenters. The number of carbonyl (C=O) groups is 1. The minimum atomic E-state index is -0.646. The van der Waals surface area contributed by atoms with Crippen molar-refractivity contribution in [1.29, 1.82) is 0 Å². The molecular weight excluding hydrogens is 442 g/mol. The lowest BCUT2D eigenvalue weighted by Crippen LogP contribution is -2.54. The molecule has 4 fully saturated rings. The van der Waals surface area contributed by atoms with E-state index >= 15 is 0 Å². The van der Waals surface area contributed by atoms with Gasteiger partial charge in [0.05, 0.1) is 12.1 Å². The van der Waals surface area contributed by atoms with Crippen LogP contribution >= 0.6 is 15.9 Å². The highest BCUT2D eigenvalue weighted by molar-refractivity contribution is 9.10. The molecule has 0 aliphatic heterocycles. The molecule has 4 nitrogen and oxygen atoms in total. The lowest BCUT2D eigenvalue weighted by molar-refractivity contribution is -0.146. The number of halogens is 1. The van der Waals surface area contributed by atoms with Gasteiger partial charge >= 0.3 is 5.97 Å². The average Bonchev–Trinajstić information content (AvgIpc) is 2.67. The molecule has 6 rings (SSSR count). The Morgan fingerprint density at radius 1 is 1.10 bits per heavy atom. The van der Waals surface area contributed by atoms with Crippen LogP contribution in [0.1, 0.15) is 56.1 Å². The van der Waals surface area contributed by atoms with E-state index in [0.717, 1.165) is 29.4 Å². The lowest BCUT2D eigenvalue weighted by Gasteiger charge is -2.62. The fraction of sp³-hybridized carbons (Fsp3) is 0.440. The quantitative estimate of drug-likeness (QED) is 0.512. The van der Waals surface area contributed by atoms with Crippen molar-refractivity contribution < 1.29 is 15.0 Å². The maximum Gasteiger partial charge on any atom is 0.303 e. The highest BCUT2D eigenvalue weighted by Crippen LogP contribution is 2.66. The zero-order chi connectivity index (χ0) is 20.9. The number of phenols is 1. The summed E-state index contributed by atoms with van der Waals surface area (Å²) in [6.45, 7) is 0. The number of hydrogen-bond acceptors (Lipinski definition) is 3. The number of aliphatic imine (C=N–C) groups is 1. The van der Waals surface area contributed by atoms with E-state index in [1.807, 2.05) is 18.2 Å². The van der Waals surface area contributed by atoms with Crippen LogP contribution in [0.4, 0.5) is 5.69 Å². The monoisotopic (exact) mass is 467 g/mol. The van der Waals surface area contributed by atoms with Gasteiger partial charge in [0.1, 0.15) is 5.75 Å². The maximum absolute atomic E-state index is 11.6. The van der Waals surface area contributed by atoms with Gasteiger partial charge in [-0.05, 0) is 97.1 Å². The van der Waals surface area contributed by atoms with Gasteiger partial charge in [-0.15, -0.1) is 0 Å². The molecule has 0 amide bonds. The van der Waals surface area contributed by atoms with Gasteiger partial charge in [-0.1, -0.05) is 28.1 Å². The van der Waals surface area contributed by atoms with Gasteiger partial charge in [0, 0.05) is 16.3 Å². The van der Waals surface area contributed by atoms with E-state index in [1.165, 1.54) is 24.8 Å². The van der Waals surface area contributed by atoms with E-state index < -0.39 is 5.97 Å². The number of aromatic hydroxyl groups is 1. The minimum absolute atomic E-state index is 0.00896. The second-order valence-corrected chi connectivity index (χ2v) is 10.7. The molecule has 0 radical (unpaired) electrons. The summed E-state index contributed by atoms with van der Waals surface area (Å²) in [5.41, 5.74) is 2.99. The molecule has 4 saturated carbocycles. The van der Waals surface area contributed by atoms with Crippen LogP contribution in [0.15, 0.2) is 51.9 Å². The first kappa shape index (κ1) is 19.8. The Balaban J connectivity index is 1.39. The fourth-order valence-electron chi connectivity index (χ4n) is 6.99. The number of aliphatic carboxylic acids is 1. The van der Waals surface area contributed by atoms with E-state index in [-0.39, 0.29) is 16.6 Å². The van der Waals surface area contributed by atoms with Gasteiger partial charge in [0.15, 0.2) is 0 Å². The largest absolute Gasteiger partial charge is 0.507 e. The van der Waals surface area contributed by atoms with Crippen molar-refractivity contribution in [2.75, 3.05) is 0 Å². The Labute approximate surface area is 185 Å². The maximum atomic E-state index is 11.6. The van der Waals surface area contributed by atoms with Crippen LogP contribution < -0.4 is 0 Å². The van der Waals surface area contributed by atoms with Gasteiger partial charge < -0.3 is 10.2 Å². The summed E-state index contributed by atoms with van der Waals surface area (Å²) in [5.74, 6) is 0.897. The van der Waals surface area contributed by atoms with Crippen molar-refractivity contribution in [2.45, 2.75) is 50.4 Å². The molecule has 2 aromatic carbocycles. The molecule has 0 saturated heterocycles. The van der Waals surface area contributed by atoms with Crippen LogP contribution in [0.25, 0.3) is 0 Å². The predicted molar refractivity (Wildman–Crippen MR) is 121 cm³/mol. The van der Waals surface area contributed by atoms with Crippen LogP contribution in [-0.2, 0) is 10.2 Å². The van der Waals surface area contributed by atoms with E-state index in [9.17, 15) is 15.0 Å². The summed E-state index contributed by atoms with van der Waals surface area (Å²) < 4.78 is 0.897. The Morgan fingerprint density at radius 3 is 2.47 bits per heavy atom. The van der Waals surface area contributed by atoms with Crippen LogP contribution in [0.3, 0.4) is 0 Å². The average molecular weight is 468 g/mol. The second-order valence-electron chi connectivity index (χ2n) is 9.82. The summed E-state index contributed by atoms with van der Waals surface area (Å²) in [5, 5.41) is 19.5. The first-order valence-electron chi connectivity index (χ1n) is 10.7. The standard InChI is InChI=1S/C25H26BrNO3/c26-20-3-6-22(28)18(8-20)14-27-21-4-1-19(2-5-21)25-11-16-7-17(12-25)10-24(9-16,15-25)13-23(29)30/h1-6,8,14,16-17,28H,7,9-13,15H2,(H,29,30)/t16-,17+,24?,25?. The van der Waals surface area contributed by atoms with E-state index in [0.29, 0.717) is 23.8 Å². The highest BCUT2D eigenvalue weighted by atomic mass is 79.9. The second kappa shape index (κ2) is 7.23. The molecule has 0 heterocycles. The summed E-state index contributed by atoms with van der Waals surface area (Å²) in [4.78, 5) is 16.1. The first-order valence-corrected chi connectivity index (χ1v) is 11.5. The Hall–Kier alpha value is -2.14. The Bertz CT molecular complexity index is 1000. The summed E-state index contributed by atoms with van der Waals surface area (Å²) in [6, 6.07) is 13.7. The fourth-order valence-corrected chi connectivity index (χ4v) is 7.37. The molecule has 156 valence electrons. The molecule has 4 bridgehead atoms. The van der Waals surface area contributed by atoms with Gasteiger partial charge in [-0.3, -0.25) is 9.79 Å². The van der Waals surface area contributed by atoms with Gasteiger partial charge in [0.2, 0.25) is 0 Å². The normalized spacial score (nSPS) is 32.0. The molecule has 0 spiro atoms. The van der Waals surface area contributed by atoms with Crippen LogP contribution in [0, 0.1) is 17.3 Å². The van der Waals surface area contributed by atoms with Gasteiger partial charge in [-0.25, -0.2) is 0 Å². The number of phenolic OH excluding ortho intramolecular Hbond substituents is 1. The third kappa shape index (κ3) is 3.58. The SMILES string of the molecule is O=C(O)CC12C[C@H]3C[C@@H](C1)CC(c1ccc(N=Cc4cc(Br)ccc4O)cc1)(C3)C2. The zero-order valence-electron chi connectivity index (χ0n) is 16.9. The van der Waals surface area contributed by atoms with Crippen LogP contribution in [0.5, 0.6) is 5.75 Å². The highest BCUT2D eigenvalue weighted by Gasteiger charge is 2.58. The van der Waals surface area contributed by atoms with E-state index in [2.05, 4.69) is 33.1 Å². The predicted octanol–water partition coefficient (Wildman–Crippen LogP) is 6.22. The molecular formula is C25H26BrNO3. The van der Waals surface area contributed by atoms with Gasteiger partial charge in [-0.2, -0.15) is 0 Å². The Kier molecular flexibility index (Phi) is 4.77. The van der Waals surface area contributed by atoms with Crippen molar-refractivity contribution >= 4 is 33.8 Å². The molecule has 4 aliphatic rings. The molecule has 0 aromatic heterocycles. The van der Waals surface area contributed by atoms with E-state index in [4.69, 9.17) is 0 Å². The van der Waals surface area contributed by atoms with Gasteiger partial charge in [0.25, 0.3) is 0 Å².